The lowest BCUT2D eigenvalue weighted by Gasteiger charge is -2.47. The van der Waals surface area contributed by atoms with Gasteiger partial charge in [-0.05, 0) is 230 Å². The number of hydrogen-bond acceptors (Lipinski definition) is 2. The Balaban J connectivity index is 1.33. The van der Waals surface area contributed by atoms with Gasteiger partial charge in [-0.1, -0.05) is 386 Å². The molecule has 2 aliphatic rings. The molecule has 113 heavy (non-hydrogen) atoms. The lowest BCUT2D eigenvalue weighted by molar-refractivity contribution is 0.568. The summed E-state index contributed by atoms with van der Waals surface area (Å²) in [5, 5.41) is 0. The largest absolute Gasteiger partial charge is 0.310 e. The predicted octanol–water partition coefficient (Wildman–Crippen LogP) is 30.0. The van der Waals surface area contributed by atoms with Crippen molar-refractivity contribution in [2.45, 2.75) is 288 Å². The zero-order valence-corrected chi connectivity index (χ0v) is 75.2. The highest BCUT2D eigenvalue weighted by atomic mass is 15.2. The number of hydrogen-bond donors (Lipinski definition) is 0. The fraction of sp³-hybridized carbons (Fsp3) is 0.400. The molecule has 0 spiro atoms. The Kier molecular flexibility index (Phi) is 18.7. The van der Waals surface area contributed by atoms with E-state index in [0.717, 1.165) is 112 Å². The van der Waals surface area contributed by atoms with E-state index in [1.54, 1.807) is 0 Å². The molecule has 2 heterocycles. The van der Waals surface area contributed by atoms with E-state index >= 15 is 0 Å². The van der Waals surface area contributed by atoms with Crippen LogP contribution < -0.4 is 26.2 Å². The minimum absolute atomic E-state index is 0.109. The van der Waals surface area contributed by atoms with Crippen molar-refractivity contribution in [3.8, 4) is 66.8 Å². The second-order valence-corrected chi connectivity index (χ2v) is 44.7. The maximum absolute atomic E-state index is 9.85. The Morgan fingerprint density at radius 3 is 0.726 bits per heavy atom. The van der Waals surface area contributed by atoms with Crippen molar-refractivity contribution in [2.24, 2.45) is 0 Å². The van der Waals surface area contributed by atoms with Gasteiger partial charge >= 0.3 is 0 Å². The van der Waals surface area contributed by atoms with E-state index in [1.165, 1.54) is 55.6 Å². The maximum Gasteiger partial charge on any atom is 0.252 e. The molecule has 0 radical (unpaired) electrons. The van der Waals surface area contributed by atoms with Crippen molar-refractivity contribution in [2.75, 3.05) is 9.80 Å². The third-order valence-electron chi connectivity index (χ3n) is 24.2. The van der Waals surface area contributed by atoms with Gasteiger partial charge in [-0.2, -0.15) is 0 Å². The van der Waals surface area contributed by atoms with Gasteiger partial charge in [-0.25, -0.2) is 0 Å². The molecule has 3 heteroatoms. The van der Waals surface area contributed by atoms with Crippen LogP contribution in [-0.2, 0) is 59.6 Å². The molecule has 0 N–H and O–H groups in total. The smallest absolute Gasteiger partial charge is 0.252 e. The zero-order valence-electron chi connectivity index (χ0n) is 80.2. The van der Waals surface area contributed by atoms with E-state index in [2.05, 4.69) is 408 Å². The van der Waals surface area contributed by atoms with Crippen LogP contribution in [-0.4, -0.2) is 6.71 Å². The molecular weight excluding hydrogens is 1360 g/mol. The molecule has 0 aromatic heterocycles. The SMILES string of the molecule is [2H]c1c([2H])c([2H])c(-c2ccc3c(c2)N(c2c(-c4ccc(C(C)(C)C)cc4)cc(C(C)(C)C)cc2-c2cc(C(C)(C)C)cc(C(C)(C)C)c2)c2cc(C(C)(C)C)cc4c2B3c2ccc(-c3cc(C(C)(C)C)cc(C(C)(C)C)c3)cc2N4c2c(-c3ccc(C(C)(C)C)cc3)cc(C(C)(C)C)cc2-c2cc(C(C)(C)C)cc(C(C)(C)C)c2)c([2H])c1[2H]. The van der Waals surface area contributed by atoms with Crippen LogP contribution in [0.5, 0.6) is 0 Å². The van der Waals surface area contributed by atoms with E-state index in [9.17, 15) is 5.48 Å². The van der Waals surface area contributed by atoms with Crippen LogP contribution in [0, 0.1) is 0 Å². The van der Waals surface area contributed by atoms with Crippen molar-refractivity contribution >= 4 is 57.2 Å². The first kappa shape index (κ1) is 75.4. The van der Waals surface area contributed by atoms with Gasteiger partial charge in [-0.3, -0.25) is 0 Å². The molecule has 0 amide bonds. The van der Waals surface area contributed by atoms with Crippen LogP contribution in [0.3, 0.4) is 0 Å². The summed E-state index contributed by atoms with van der Waals surface area (Å²) in [6.07, 6.45) is 0. The summed E-state index contributed by atoms with van der Waals surface area (Å²) in [5.74, 6) is 0. The van der Waals surface area contributed by atoms with Crippen molar-refractivity contribution in [3.63, 3.8) is 0 Å². The standard InChI is InChI=1S/C110H133BN2/c1-100(2,3)76-45-39-69(40-46-76)87-62-84(108(25,26)27)64-89(74-53-80(104(13,14)15)60-81(54-74)105(16,17)18)98(87)112-93-57-71(68-37-35-34-36-38-68)43-49-91(93)111-92-50-44-72(73-51-78(102(7,8)9)59-79(52-73)103(10,11)12)58-94(92)113(96-67-86(110(31,32)33)66-95(112)97(96)111)99-88(70-41-47-77(48-42-70)101(4,5)6)63-85(109(28,29)30)65-90(99)75-55-82(106(19,20)21)61-83(56-75)107(22,23)24/h34-67H,1-33H3/i34D,35D,36D,37D,38D. The van der Waals surface area contributed by atoms with E-state index < -0.39 is 18.2 Å². The van der Waals surface area contributed by atoms with Crippen LogP contribution in [0.2, 0.25) is 0 Å². The highest BCUT2D eigenvalue weighted by Gasteiger charge is 2.47. The van der Waals surface area contributed by atoms with Crippen molar-refractivity contribution in [1.29, 1.82) is 0 Å². The van der Waals surface area contributed by atoms with E-state index in [1.807, 2.05) is 6.07 Å². The number of anilines is 6. The van der Waals surface area contributed by atoms with Gasteiger partial charge in [0.05, 0.1) is 18.2 Å². The Morgan fingerprint density at radius 2 is 0.442 bits per heavy atom. The molecule has 11 aromatic rings. The predicted molar refractivity (Wildman–Crippen MR) is 499 cm³/mol. The van der Waals surface area contributed by atoms with Crippen LogP contribution >= 0.6 is 0 Å². The zero-order chi connectivity index (χ0) is 87.1. The summed E-state index contributed by atoms with van der Waals surface area (Å²) in [6, 6.07) is 68.3. The first-order valence-electron chi connectivity index (χ1n) is 44.2. The Labute approximate surface area is 691 Å². The molecule has 0 aliphatic carbocycles. The van der Waals surface area contributed by atoms with Gasteiger partial charge in [0.15, 0.2) is 0 Å². The number of nitrogens with zero attached hydrogens (tertiary/aromatic N) is 2. The summed E-state index contributed by atoms with van der Waals surface area (Å²) < 4.78 is 47.3. The van der Waals surface area contributed by atoms with Gasteiger partial charge in [-0.15, -0.1) is 0 Å². The minimum Gasteiger partial charge on any atom is -0.310 e. The molecule has 0 saturated heterocycles. The highest BCUT2D eigenvalue weighted by molar-refractivity contribution is 7.00. The maximum atomic E-state index is 9.85. The van der Waals surface area contributed by atoms with Crippen LogP contribution in [0.15, 0.2) is 206 Å². The summed E-state index contributed by atoms with van der Waals surface area (Å²) >= 11 is 0. The summed E-state index contributed by atoms with van der Waals surface area (Å²) in [6.45, 7) is 76.7. The van der Waals surface area contributed by atoms with Crippen LogP contribution in [0.25, 0.3) is 66.8 Å². The van der Waals surface area contributed by atoms with E-state index in [0.29, 0.717) is 5.56 Å². The van der Waals surface area contributed by atoms with Crippen molar-refractivity contribution < 1.29 is 6.85 Å². The second kappa shape index (κ2) is 27.9. The lowest BCUT2D eigenvalue weighted by Crippen LogP contribution is -2.61. The molecule has 2 nitrogen and oxygen atoms in total. The van der Waals surface area contributed by atoms with Crippen LogP contribution in [0.1, 0.15) is 297 Å². The Bertz CT molecular complexity index is 5680. The van der Waals surface area contributed by atoms with Crippen molar-refractivity contribution in [1.82, 2.24) is 0 Å². The molecule has 11 aromatic carbocycles. The highest BCUT2D eigenvalue weighted by Crippen LogP contribution is 2.57. The lowest BCUT2D eigenvalue weighted by atomic mass is 9.33. The number of fused-ring (bicyclic) bond motifs is 4. The summed E-state index contributed by atoms with van der Waals surface area (Å²) in [7, 11) is 0. The molecule has 0 fully saturated rings. The Hall–Kier alpha value is -8.92. The number of benzene rings is 11. The molecule has 0 atom stereocenters. The molecule has 0 unspecified atom stereocenters. The normalized spacial score (nSPS) is 14.6. The fourth-order valence-corrected chi connectivity index (χ4v) is 16.4. The first-order chi connectivity index (χ1) is 54.0. The van der Waals surface area contributed by atoms with Gasteiger partial charge < -0.3 is 9.80 Å². The third-order valence-corrected chi connectivity index (χ3v) is 24.2. The quantitative estimate of drug-likeness (QED) is 0.140. The molecule has 0 saturated carbocycles. The second-order valence-electron chi connectivity index (χ2n) is 44.7. The molecule has 0 bridgehead atoms. The van der Waals surface area contributed by atoms with Crippen LogP contribution in [0.4, 0.5) is 34.1 Å². The topological polar surface area (TPSA) is 6.48 Å². The average molecular weight is 1500 g/mol. The third kappa shape index (κ3) is 16.2. The molecular formula is C110H133BN2. The minimum atomic E-state index is -0.465. The Morgan fingerprint density at radius 1 is 0.204 bits per heavy atom. The van der Waals surface area contributed by atoms with Gasteiger partial charge in [0.2, 0.25) is 0 Å². The molecule has 586 valence electrons. The van der Waals surface area contributed by atoms with E-state index in [4.69, 9.17) is 1.37 Å². The first-order valence-corrected chi connectivity index (χ1v) is 41.7. The fourth-order valence-electron chi connectivity index (χ4n) is 16.4. The van der Waals surface area contributed by atoms with Gasteiger partial charge in [0, 0.05) is 45.0 Å². The monoisotopic (exact) mass is 1500 g/mol. The molecule has 13 rings (SSSR count). The summed E-state index contributed by atoms with van der Waals surface area (Å²) in [4.78, 5) is 5.33. The van der Waals surface area contributed by atoms with E-state index in [-0.39, 0.29) is 83.9 Å². The molecule has 2 aliphatic heterocycles. The average Bonchev–Trinajstić information content (AvgIpc) is 0.683. The number of rotatable bonds is 8. The van der Waals surface area contributed by atoms with Crippen molar-refractivity contribution in [3.05, 3.63) is 267 Å². The summed E-state index contributed by atoms with van der Waals surface area (Å²) in [5.41, 5.74) is 32.2. The van der Waals surface area contributed by atoms with Gasteiger partial charge in [0.25, 0.3) is 6.71 Å². The van der Waals surface area contributed by atoms with Gasteiger partial charge in [0.1, 0.15) is 0 Å².